The largest absolute Gasteiger partial charge is 0.491 e. The number of rotatable bonds is 10. The molecule has 0 spiro atoms. The predicted octanol–water partition coefficient (Wildman–Crippen LogP) is 4.26. The minimum absolute atomic E-state index is 0.00753. The van der Waals surface area contributed by atoms with Crippen LogP contribution >= 0.6 is 11.3 Å². The van der Waals surface area contributed by atoms with Crippen LogP contribution in [-0.2, 0) is 20.7 Å². The Labute approximate surface area is 200 Å². The maximum Gasteiger partial charge on any atom is 0.249 e. The first-order chi connectivity index (χ1) is 16.0. The summed E-state index contributed by atoms with van der Waals surface area (Å²) in [5.41, 5.74) is 2.43. The third-order valence-electron chi connectivity index (χ3n) is 6.49. The number of ether oxygens (including phenoxy) is 2. The van der Waals surface area contributed by atoms with Crippen LogP contribution in [0.4, 0.5) is 0 Å². The molecule has 4 rings (SSSR count). The van der Waals surface area contributed by atoms with Gasteiger partial charge in [-0.2, -0.15) is 0 Å². The fraction of sp³-hybridized carbons (Fsp3) is 0.538. The van der Waals surface area contributed by atoms with Crippen molar-refractivity contribution in [3.05, 3.63) is 51.7 Å². The first-order valence-corrected chi connectivity index (χ1v) is 12.7. The van der Waals surface area contributed by atoms with E-state index in [9.17, 15) is 9.59 Å². The van der Waals surface area contributed by atoms with Crippen LogP contribution in [0.15, 0.2) is 35.7 Å². The number of nitrogens with zero attached hydrogens (tertiary/aromatic N) is 2. The molecule has 6 nitrogen and oxygen atoms in total. The number of carbonyl (C=O) groups is 2. The fourth-order valence-corrected chi connectivity index (χ4v) is 5.26. The molecule has 1 aliphatic heterocycles. The van der Waals surface area contributed by atoms with Crippen LogP contribution in [0.25, 0.3) is 0 Å². The molecule has 2 aromatic rings. The van der Waals surface area contributed by atoms with Gasteiger partial charge in [-0.25, -0.2) is 0 Å². The molecule has 1 aliphatic carbocycles. The summed E-state index contributed by atoms with van der Waals surface area (Å²) in [5.74, 6) is 1.64. The second-order valence-corrected chi connectivity index (χ2v) is 10.3. The molecule has 1 unspecified atom stereocenters. The van der Waals surface area contributed by atoms with Gasteiger partial charge >= 0.3 is 0 Å². The molecule has 1 aromatic heterocycles. The summed E-state index contributed by atoms with van der Waals surface area (Å²) in [6.45, 7) is 6.11. The predicted molar refractivity (Wildman–Crippen MR) is 130 cm³/mol. The van der Waals surface area contributed by atoms with Gasteiger partial charge in [-0.05, 0) is 65.8 Å². The van der Waals surface area contributed by atoms with E-state index in [1.165, 1.54) is 17.6 Å². The highest BCUT2D eigenvalue weighted by Crippen LogP contribution is 2.34. The molecule has 33 heavy (non-hydrogen) atoms. The number of hydrogen-bond acceptors (Lipinski definition) is 5. The molecule has 1 saturated carbocycles. The van der Waals surface area contributed by atoms with E-state index in [0.29, 0.717) is 31.5 Å². The molecule has 2 aliphatic rings. The highest BCUT2D eigenvalue weighted by atomic mass is 32.1. The van der Waals surface area contributed by atoms with Crippen LogP contribution in [0.2, 0.25) is 0 Å². The van der Waals surface area contributed by atoms with E-state index in [2.05, 4.69) is 37.4 Å². The van der Waals surface area contributed by atoms with E-state index in [4.69, 9.17) is 9.47 Å². The second kappa shape index (κ2) is 10.7. The molecule has 2 amide bonds. The molecule has 2 heterocycles. The fourth-order valence-electron chi connectivity index (χ4n) is 4.33. The zero-order chi connectivity index (χ0) is 23.4. The summed E-state index contributed by atoms with van der Waals surface area (Å²) >= 11 is 1.74. The highest BCUT2D eigenvalue weighted by Gasteiger charge is 2.35. The first-order valence-electron chi connectivity index (χ1n) is 11.8. The van der Waals surface area contributed by atoms with E-state index in [1.54, 1.807) is 16.2 Å². The van der Waals surface area contributed by atoms with Gasteiger partial charge in [0, 0.05) is 25.1 Å². The van der Waals surface area contributed by atoms with Crippen molar-refractivity contribution in [2.75, 3.05) is 40.0 Å². The Bertz CT molecular complexity index is 951. The number of benzene rings is 1. The Morgan fingerprint density at radius 3 is 2.61 bits per heavy atom. The van der Waals surface area contributed by atoms with Crippen LogP contribution in [0.3, 0.4) is 0 Å². The lowest BCUT2D eigenvalue weighted by atomic mass is 10.00. The zero-order valence-electron chi connectivity index (χ0n) is 19.8. The van der Waals surface area contributed by atoms with Crippen molar-refractivity contribution in [3.63, 3.8) is 0 Å². The van der Waals surface area contributed by atoms with Crippen LogP contribution in [-0.4, -0.2) is 61.6 Å². The van der Waals surface area contributed by atoms with Gasteiger partial charge in [0.25, 0.3) is 0 Å². The molecule has 0 bridgehead atoms. The van der Waals surface area contributed by atoms with Crippen molar-refractivity contribution in [3.8, 4) is 5.75 Å². The third-order valence-corrected chi connectivity index (χ3v) is 7.49. The van der Waals surface area contributed by atoms with Gasteiger partial charge in [0.2, 0.25) is 11.8 Å². The van der Waals surface area contributed by atoms with Gasteiger partial charge in [0.15, 0.2) is 0 Å². The van der Waals surface area contributed by atoms with Gasteiger partial charge in [0.05, 0.1) is 12.6 Å². The van der Waals surface area contributed by atoms with Gasteiger partial charge in [-0.3, -0.25) is 9.59 Å². The summed E-state index contributed by atoms with van der Waals surface area (Å²) in [5, 5.41) is 2.09. The Morgan fingerprint density at radius 1 is 1.18 bits per heavy atom. The summed E-state index contributed by atoms with van der Waals surface area (Å²) in [4.78, 5) is 30.9. The standard InChI is InChI=1S/C26H34N2O4S/c1-18(2)20-6-8-21(9-7-20)32-16-23-22-11-13-33-24(22)10-12-28(23)25(29)15-27(14-19-4-5-19)26(30)17-31-3/h6-9,11,13,18-19,23H,4-5,10,12,14-17H2,1-3H3. The third kappa shape index (κ3) is 5.95. The normalized spacial score (nSPS) is 17.7. The molecule has 178 valence electrons. The molecule has 7 heteroatoms. The van der Waals surface area contributed by atoms with Crippen molar-refractivity contribution in [2.24, 2.45) is 5.92 Å². The number of amides is 2. The lowest BCUT2D eigenvalue weighted by Gasteiger charge is -2.37. The van der Waals surface area contributed by atoms with Crippen molar-refractivity contribution in [2.45, 2.75) is 45.1 Å². The van der Waals surface area contributed by atoms with Gasteiger partial charge in [-0.1, -0.05) is 26.0 Å². The quantitative estimate of drug-likeness (QED) is 0.521. The molecule has 0 saturated heterocycles. The molecule has 0 radical (unpaired) electrons. The summed E-state index contributed by atoms with van der Waals surface area (Å²) in [6, 6.07) is 10.1. The molecular weight excluding hydrogens is 436 g/mol. The summed E-state index contributed by atoms with van der Waals surface area (Å²) in [6.07, 6.45) is 3.09. The Kier molecular flexibility index (Phi) is 7.71. The van der Waals surface area contributed by atoms with E-state index < -0.39 is 0 Å². The smallest absolute Gasteiger partial charge is 0.249 e. The van der Waals surface area contributed by atoms with Gasteiger partial charge < -0.3 is 19.3 Å². The van der Waals surface area contributed by atoms with E-state index in [1.807, 2.05) is 17.0 Å². The Hall–Kier alpha value is -2.38. The summed E-state index contributed by atoms with van der Waals surface area (Å²) in [7, 11) is 1.51. The maximum absolute atomic E-state index is 13.4. The van der Waals surface area contributed by atoms with Crippen molar-refractivity contribution in [1.82, 2.24) is 9.80 Å². The van der Waals surface area contributed by atoms with Crippen LogP contribution in [0.5, 0.6) is 5.75 Å². The minimum Gasteiger partial charge on any atom is -0.491 e. The van der Waals surface area contributed by atoms with Crippen LogP contribution in [0, 0.1) is 5.92 Å². The number of fused-ring (bicyclic) bond motifs is 1. The molecular formula is C26H34N2O4S. The van der Waals surface area contributed by atoms with Crippen molar-refractivity contribution in [1.29, 1.82) is 0 Å². The highest BCUT2D eigenvalue weighted by molar-refractivity contribution is 7.10. The van der Waals surface area contributed by atoms with Gasteiger partial charge in [0.1, 0.15) is 19.0 Å². The molecule has 0 N–H and O–H groups in total. The van der Waals surface area contributed by atoms with E-state index >= 15 is 0 Å². The molecule has 1 aromatic carbocycles. The number of carbonyl (C=O) groups excluding carboxylic acids is 2. The van der Waals surface area contributed by atoms with Crippen molar-refractivity contribution >= 4 is 23.2 Å². The molecule has 1 atom stereocenters. The average molecular weight is 471 g/mol. The lowest BCUT2D eigenvalue weighted by Crippen LogP contribution is -2.48. The SMILES string of the molecule is COCC(=O)N(CC(=O)N1CCc2sccc2C1COc1ccc(C(C)C)cc1)CC1CC1. The number of hydrogen-bond donors (Lipinski definition) is 0. The van der Waals surface area contributed by atoms with Crippen LogP contribution < -0.4 is 4.74 Å². The van der Waals surface area contributed by atoms with Gasteiger partial charge in [-0.15, -0.1) is 11.3 Å². The number of thiophene rings is 1. The topological polar surface area (TPSA) is 59.1 Å². The average Bonchev–Trinajstić information content (AvgIpc) is 3.49. The Morgan fingerprint density at radius 2 is 1.94 bits per heavy atom. The van der Waals surface area contributed by atoms with E-state index in [0.717, 1.165) is 30.6 Å². The monoisotopic (exact) mass is 470 g/mol. The zero-order valence-corrected chi connectivity index (χ0v) is 20.6. The lowest BCUT2D eigenvalue weighted by molar-refractivity contribution is -0.144. The molecule has 1 fully saturated rings. The minimum atomic E-state index is -0.155. The Balaban J connectivity index is 1.46. The first kappa shape index (κ1) is 23.8. The number of methoxy groups -OCH3 is 1. The summed E-state index contributed by atoms with van der Waals surface area (Å²) < 4.78 is 11.2. The second-order valence-electron chi connectivity index (χ2n) is 9.34. The van der Waals surface area contributed by atoms with Crippen molar-refractivity contribution < 1.29 is 19.1 Å². The maximum atomic E-state index is 13.4. The van der Waals surface area contributed by atoms with Crippen LogP contribution in [0.1, 0.15) is 54.7 Å². The van der Waals surface area contributed by atoms with E-state index in [-0.39, 0.29) is 31.0 Å².